The predicted octanol–water partition coefficient (Wildman–Crippen LogP) is 4.44. The zero-order valence-electron chi connectivity index (χ0n) is 10.5. The maximum atomic E-state index is 3.46. The van der Waals surface area contributed by atoms with E-state index in [2.05, 4.69) is 69.7 Å². The highest BCUT2D eigenvalue weighted by atomic mass is 14.2. The molecule has 0 nitrogen and oxygen atoms in total. The monoisotopic (exact) mass is 220 g/mol. The molecular formula is C17H16. The van der Waals surface area contributed by atoms with E-state index in [4.69, 9.17) is 0 Å². The van der Waals surface area contributed by atoms with Crippen LogP contribution in [0.1, 0.15) is 37.5 Å². The summed E-state index contributed by atoms with van der Waals surface area (Å²) in [5.41, 5.74) is 6.66. The fraction of sp³-hybridized carbons (Fsp3) is 0.235. The number of hydrogen-bond acceptors (Lipinski definition) is 0. The van der Waals surface area contributed by atoms with Crippen molar-refractivity contribution in [1.29, 1.82) is 0 Å². The third kappa shape index (κ3) is 1.68. The quantitative estimate of drug-likeness (QED) is 0.525. The molecule has 2 radical (unpaired) electrons. The van der Waals surface area contributed by atoms with E-state index in [-0.39, 0.29) is 5.41 Å². The van der Waals surface area contributed by atoms with Crippen molar-refractivity contribution in [1.82, 2.24) is 0 Å². The second kappa shape index (κ2) is 3.46. The van der Waals surface area contributed by atoms with Gasteiger partial charge in [-0.1, -0.05) is 63.2 Å². The lowest BCUT2D eigenvalue weighted by Crippen LogP contribution is -2.10. The molecule has 84 valence electrons. The Labute approximate surface area is 103 Å². The summed E-state index contributed by atoms with van der Waals surface area (Å²) >= 11 is 0. The molecule has 2 aromatic rings. The van der Waals surface area contributed by atoms with Gasteiger partial charge in [-0.25, -0.2) is 0 Å². The summed E-state index contributed by atoms with van der Waals surface area (Å²) in [5.74, 6) is 0. The van der Waals surface area contributed by atoms with E-state index in [0.717, 1.165) is 0 Å². The molecule has 1 aliphatic carbocycles. The Bertz CT molecular complexity index is 571. The van der Waals surface area contributed by atoms with Crippen molar-refractivity contribution in [3.8, 4) is 11.1 Å². The summed E-state index contributed by atoms with van der Waals surface area (Å²) in [7, 11) is 0. The maximum Gasteiger partial charge on any atom is 0.0514 e. The second-order valence-electron chi connectivity index (χ2n) is 5.68. The number of fused-ring (bicyclic) bond motifs is 3. The smallest absolute Gasteiger partial charge is 0.0514 e. The number of hydrogen-bond donors (Lipinski definition) is 0. The van der Waals surface area contributed by atoms with E-state index in [1.165, 1.54) is 27.8 Å². The summed E-state index contributed by atoms with van der Waals surface area (Å²) in [6.07, 6.45) is 3.46. The van der Waals surface area contributed by atoms with Gasteiger partial charge in [0.05, 0.1) is 6.42 Å². The third-order valence-corrected chi connectivity index (χ3v) is 3.37. The molecule has 0 heteroatoms. The fourth-order valence-corrected chi connectivity index (χ4v) is 2.31. The summed E-state index contributed by atoms with van der Waals surface area (Å²) in [4.78, 5) is 0. The topological polar surface area (TPSA) is 0 Å². The molecule has 0 aliphatic heterocycles. The van der Waals surface area contributed by atoms with Gasteiger partial charge in [0.25, 0.3) is 0 Å². The molecule has 0 saturated carbocycles. The van der Waals surface area contributed by atoms with Gasteiger partial charge in [-0.15, -0.1) is 0 Å². The van der Waals surface area contributed by atoms with E-state index in [1.807, 2.05) is 0 Å². The zero-order chi connectivity index (χ0) is 12.0. The predicted molar refractivity (Wildman–Crippen MR) is 72.0 cm³/mol. The third-order valence-electron chi connectivity index (χ3n) is 3.37. The molecule has 17 heavy (non-hydrogen) atoms. The number of benzene rings is 2. The first-order valence-corrected chi connectivity index (χ1v) is 6.07. The van der Waals surface area contributed by atoms with Crippen molar-refractivity contribution in [2.75, 3.05) is 0 Å². The van der Waals surface area contributed by atoms with Crippen molar-refractivity contribution in [2.45, 2.75) is 26.2 Å². The highest BCUT2D eigenvalue weighted by Gasteiger charge is 2.21. The van der Waals surface area contributed by atoms with Gasteiger partial charge in [0.2, 0.25) is 0 Å². The molecule has 0 saturated heterocycles. The van der Waals surface area contributed by atoms with Crippen LogP contribution in [0.15, 0.2) is 42.5 Å². The summed E-state index contributed by atoms with van der Waals surface area (Å²) in [6.45, 7) is 6.76. The van der Waals surface area contributed by atoms with Crippen molar-refractivity contribution in [2.24, 2.45) is 0 Å². The summed E-state index contributed by atoms with van der Waals surface area (Å²) < 4.78 is 0. The van der Waals surface area contributed by atoms with Crippen molar-refractivity contribution in [3.05, 3.63) is 65.6 Å². The first kappa shape index (κ1) is 10.6. The lowest BCUT2D eigenvalue weighted by molar-refractivity contribution is 0.590. The van der Waals surface area contributed by atoms with Crippen molar-refractivity contribution < 1.29 is 0 Å². The van der Waals surface area contributed by atoms with Crippen LogP contribution >= 0.6 is 0 Å². The molecule has 3 rings (SSSR count). The highest BCUT2D eigenvalue weighted by Crippen LogP contribution is 2.39. The van der Waals surface area contributed by atoms with Crippen LogP contribution in [0.2, 0.25) is 0 Å². The summed E-state index contributed by atoms with van der Waals surface area (Å²) in [5, 5.41) is 0. The molecule has 0 spiro atoms. The van der Waals surface area contributed by atoms with Gasteiger partial charge in [-0.2, -0.15) is 0 Å². The molecule has 0 fully saturated rings. The van der Waals surface area contributed by atoms with Crippen molar-refractivity contribution >= 4 is 0 Å². The Morgan fingerprint density at radius 3 is 2.29 bits per heavy atom. The van der Waals surface area contributed by atoms with Gasteiger partial charge >= 0.3 is 0 Å². The standard InChI is InChI=1S/C17H16/c1-17(2,3)14-9-8-13-10-12-6-4-5-7-15(12)16(13)11-14/h4-9,11H,1-3H3. The Kier molecular flexibility index (Phi) is 2.16. The van der Waals surface area contributed by atoms with Gasteiger partial charge in [0.15, 0.2) is 0 Å². The van der Waals surface area contributed by atoms with Gasteiger partial charge < -0.3 is 0 Å². The molecule has 2 aromatic carbocycles. The maximum absolute atomic E-state index is 3.46. The minimum Gasteiger partial charge on any atom is -0.0619 e. The Hall–Kier alpha value is -1.56. The average molecular weight is 220 g/mol. The Morgan fingerprint density at radius 1 is 0.824 bits per heavy atom. The number of rotatable bonds is 0. The van der Waals surface area contributed by atoms with Crippen LogP contribution in [-0.4, -0.2) is 0 Å². The van der Waals surface area contributed by atoms with E-state index >= 15 is 0 Å². The van der Waals surface area contributed by atoms with Crippen LogP contribution < -0.4 is 0 Å². The van der Waals surface area contributed by atoms with E-state index in [1.54, 1.807) is 0 Å². The normalized spacial score (nSPS) is 13.4. The highest BCUT2D eigenvalue weighted by molar-refractivity contribution is 5.81. The van der Waals surface area contributed by atoms with Crippen LogP contribution in [0.3, 0.4) is 0 Å². The van der Waals surface area contributed by atoms with Crippen LogP contribution in [-0.2, 0) is 5.41 Å². The van der Waals surface area contributed by atoms with Gasteiger partial charge in [0, 0.05) is 0 Å². The molecule has 0 bridgehead atoms. The van der Waals surface area contributed by atoms with Crippen LogP contribution in [0.5, 0.6) is 0 Å². The van der Waals surface area contributed by atoms with E-state index in [9.17, 15) is 0 Å². The molecular weight excluding hydrogens is 204 g/mol. The molecule has 0 N–H and O–H groups in total. The first-order chi connectivity index (χ1) is 8.05. The van der Waals surface area contributed by atoms with Gasteiger partial charge in [-0.05, 0) is 33.2 Å². The largest absolute Gasteiger partial charge is 0.0619 e. The molecule has 0 aromatic heterocycles. The average Bonchev–Trinajstić information content (AvgIpc) is 2.65. The molecule has 0 amide bonds. The van der Waals surface area contributed by atoms with Gasteiger partial charge in [0.1, 0.15) is 0 Å². The lowest BCUT2D eigenvalue weighted by atomic mass is 9.85. The first-order valence-electron chi connectivity index (χ1n) is 6.07. The Balaban J connectivity index is 2.18. The van der Waals surface area contributed by atoms with E-state index < -0.39 is 0 Å². The minimum absolute atomic E-state index is 0.201. The lowest BCUT2D eigenvalue weighted by Gasteiger charge is -2.20. The minimum atomic E-state index is 0.201. The molecule has 0 heterocycles. The summed E-state index contributed by atoms with van der Waals surface area (Å²) in [6, 6.07) is 15.2. The fourth-order valence-electron chi connectivity index (χ4n) is 2.31. The molecule has 0 atom stereocenters. The zero-order valence-corrected chi connectivity index (χ0v) is 10.5. The SMILES string of the molecule is CC(C)(C)c1ccc2c(c1)-c1ccccc1[C]2. The Morgan fingerprint density at radius 2 is 1.53 bits per heavy atom. The second-order valence-corrected chi connectivity index (χ2v) is 5.68. The van der Waals surface area contributed by atoms with Crippen LogP contribution in [0.4, 0.5) is 0 Å². The van der Waals surface area contributed by atoms with Crippen molar-refractivity contribution in [3.63, 3.8) is 0 Å². The van der Waals surface area contributed by atoms with E-state index in [0.29, 0.717) is 0 Å². The van der Waals surface area contributed by atoms with Gasteiger partial charge in [-0.3, -0.25) is 0 Å². The van der Waals surface area contributed by atoms with Crippen LogP contribution in [0, 0.1) is 6.42 Å². The van der Waals surface area contributed by atoms with Crippen LogP contribution in [0.25, 0.3) is 11.1 Å². The molecule has 1 aliphatic rings. The molecule has 0 unspecified atom stereocenters.